The zero-order chi connectivity index (χ0) is 42.4. The number of esters is 2. The molecule has 0 radical (unpaired) electrons. The van der Waals surface area contributed by atoms with E-state index in [9.17, 15) is 14.7 Å². The van der Waals surface area contributed by atoms with E-state index in [-0.39, 0.29) is 36.4 Å². The Hall–Kier alpha value is -1.66. The van der Waals surface area contributed by atoms with Gasteiger partial charge < -0.3 is 19.3 Å². The molecule has 5 atom stereocenters. The van der Waals surface area contributed by atoms with Crippen LogP contribution in [0.4, 0.5) is 0 Å². The highest BCUT2D eigenvalue weighted by Crippen LogP contribution is 2.30. The highest BCUT2D eigenvalue weighted by atomic mass is 16.6. The van der Waals surface area contributed by atoms with E-state index in [1.807, 2.05) is 13.0 Å². The van der Waals surface area contributed by atoms with Crippen LogP contribution in [0.5, 0.6) is 0 Å². The minimum Gasteiger partial charge on any atom is -0.460 e. The van der Waals surface area contributed by atoms with Crippen LogP contribution in [0.1, 0.15) is 271 Å². The zero-order valence-electron chi connectivity index (χ0n) is 39.2. The Balaban J connectivity index is 1.62. The van der Waals surface area contributed by atoms with E-state index >= 15 is 0 Å². The number of hydrogen-bond acceptors (Lipinski definition) is 6. The van der Waals surface area contributed by atoms with Gasteiger partial charge in [0.1, 0.15) is 12.2 Å². The Morgan fingerprint density at radius 3 is 1.58 bits per heavy atom. The van der Waals surface area contributed by atoms with Crippen LogP contribution in [0, 0.1) is 0 Å². The van der Waals surface area contributed by atoms with Crippen LogP contribution in [0.25, 0.3) is 0 Å². The number of aliphatic hydroxyl groups is 1. The van der Waals surface area contributed by atoms with Gasteiger partial charge in [0.2, 0.25) is 0 Å². The Morgan fingerprint density at radius 1 is 0.627 bits per heavy atom. The molecule has 0 aromatic heterocycles. The van der Waals surface area contributed by atoms with E-state index < -0.39 is 6.10 Å². The number of hydrogen-bond donors (Lipinski definition) is 1. The van der Waals surface area contributed by atoms with Gasteiger partial charge in [-0.2, -0.15) is 0 Å². The van der Waals surface area contributed by atoms with Crippen molar-refractivity contribution in [3.63, 3.8) is 0 Å². The largest absolute Gasteiger partial charge is 0.460 e. The molecule has 5 unspecified atom stereocenters. The minimum absolute atomic E-state index is 0.0586. The van der Waals surface area contributed by atoms with Crippen molar-refractivity contribution in [1.29, 1.82) is 0 Å². The molecule has 6 nitrogen and oxygen atoms in total. The molecular formula is C53H96O6. The minimum atomic E-state index is -0.423. The van der Waals surface area contributed by atoms with Crippen molar-refractivity contribution in [2.45, 2.75) is 302 Å². The van der Waals surface area contributed by atoms with E-state index in [0.29, 0.717) is 6.42 Å². The molecule has 2 aliphatic rings. The van der Waals surface area contributed by atoms with Crippen LogP contribution in [0.15, 0.2) is 23.8 Å². The summed E-state index contributed by atoms with van der Waals surface area (Å²) in [5.74, 6) is -0.190. The average molecular weight is 829 g/mol. The number of unbranched alkanes of at least 4 members (excludes halogenated alkanes) is 29. The Bertz CT molecular complexity index is 1050. The van der Waals surface area contributed by atoms with Crippen molar-refractivity contribution in [1.82, 2.24) is 0 Å². The predicted molar refractivity (Wildman–Crippen MR) is 249 cm³/mol. The van der Waals surface area contributed by atoms with Gasteiger partial charge in [-0.3, -0.25) is 4.79 Å². The molecule has 0 aromatic rings. The fourth-order valence-electron chi connectivity index (χ4n) is 9.05. The van der Waals surface area contributed by atoms with Crippen LogP contribution >= 0.6 is 0 Å². The summed E-state index contributed by atoms with van der Waals surface area (Å²) in [4.78, 5) is 24.9. The van der Waals surface area contributed by atoms with Crippen molar-refractivity contribution in [2.75, 3.05) is 0 Å². The van der Waals surface area contributed by atoms with E-state index in [1.54, 1.807) is 0 Å². The van der Waals surface area contributed by atoms with Crippen molar-refractivity contribution in [3.8, 4) is 0 Å². The number of allylic oxidation sites excluding steroid dienone is 2. The van der Waals surface area contributed by atoms with Gasteiger partial charge in [0.25, 0.3) is 0 Å². The highest BCUT2D eigenvalue weighted by Gasteiger charge is 2.36. The lowest BCUT2D eigenvalue weighted by Crippen LogP contribution is -2.34. The van der Waals surface area contributed by atoms with Crippen LogP contribution < -0.4 is 0 Å². The fraction of sp³-hybridized carbons (Fsp3) is 0.887. The Morgan fingerprint density at radius 2 is 1.07 bits per heavy atom. The summed E-state index contributed by atoms with van der Waals surface area (Å²) in [7, 11) is 0. The van der Waals surface area contributed by atoms with E-state index in [0.717, 1.165) is 76.2 Å². The summed E-state index contributed by atoms with van der Waals surface area (Å²) >= 11 is 0. The summed E-state index contributed by atoms with van der Waals surface area (Å²) in [5.41, 5.74) is 0.865. The summed E-state index contributed by atoms with van der Waals surface area (Å²) in [6.07, 6.45) is 51.7. The highest BCUT2D eigenvalue weighted by molar-refractivity contribution is 5.90. The third kappa shape index (κ3) is 29.3. The van der Waals surface area contributed by atoms with Crippen LogP contribution in [-0.2, 0) is 23.8 Å². The first kappa shape index (κ1) is 53.5. The maximum absolute atomic E-state index is 13.1. The third-order valence-electron chi connectivity index (χ3n) is 12.9. The summed E-state index contributed by atoms with van der Waals surface area (Å²) in [6.45, 7) is 6.47. The fourth-order valence-corrected chi connectivity index (χ4v) is 9.05. The molecule has 0 saturated carbocycles. The number of rotatable bonds is 42. The molecule has 0 aliphatic carbocycles. The maximum Gasteiger partial charge on any atom is 0.334 e. The second-order valence-corrected chi connectivity index (χ2v) is 18.6. The van der Waals surface area contributed by atoms with Crippen molar-refractivity contribution in [2.24, 2.45) is 0 Å². The SMILES string of the molecule is CCCCCCCC/C=C\CCCCCCCC(=O)OC(CCCCCCCCCCCCC1=CC(C)OC1=O)C1CCC(C(O)CCCCCCCCCCCC)O1. The van der Waals surface area contributed by atoms with Gasteiger partial charge in [0, 0.05) is 12.0 Å². The van der Waals surface area contributed by atoms with Gasteiger partial charge in [0.05, 0.1) is 18.3 Å². The number of carbonyl (C=O) groups excluding carboxylic acids is 2. The van der Waals surface area contributed by atoms with E-state index in [1.165, 1.54) is 173 Å². The molecule has 1 fully saturated rings. The third-order valence-corrected chi connectivity index (χ3v) is 12.9. The predicted octanol–water partition coefficient (Wildman–Crippen LogP) is 15.7. The van der Waals surface area contributed by atoms with Gasteiger partial charge in [-0.25, -0.2) is 4.79 Å². The Labute approximate surface area is 365 Å². The molecule has 59 heavy (non-hydrogen) atoms. The lowest BCUT2D eigenvalue weighted by atomic mass is 9.99. The number of cyclic esters (lactones) is 1. The molecule has 2 rings (SSSR count). The molecule has 2 heterocycles. The smallest absolute Gasteiger partial charge is 0.334 e. The van der Waals surface area contributed by atoms with Gasteiger partial charge in [-0.1, -0.05) is 193 Å². The molecule has 0 spiro atoms. The maximum atomic E-state index is 13.1. The standard InChI is InChI=1S/C53H96O6/c1-4-6-8-10-12-14-16-17-18-19-20-26-30-34-38-42-52(55)59-50(41-37-33-29-25-22-21-23-27-31-35-39-47-45-46(3)57-53(47)56)51-44-43-49(58-51)48(54)40-36-32-28-24-15-13-11-9-7-5-2/h17-18,45-46,48-51,54H,4-16,19-44H2,1-3H3/b18-17-. The second kappa shape index (κ2) is 38.0. The summed E-state index contributed by atoms with van der Waals surface area (Å²) < 4.78 is 17.9. The topological polar surface area (TPSA) is 82.1 Å². The molecule has 0 aromatic carbocycles. The molecule has 0 amide bonds. The first-order valence-electron chi connectivity index (χ1n) is 26.0. The molecule has 1 saturated heterocycles. The van der Waals surface area contributed by atoms with Gasteiger partial charge in [-0.15, -0.1) is 0 Å². The number of ether oxygens (including phenoxy) is 3. The van der Waals surface area contributed by atoms with Gasteiger partial charge in [0.15, 0.2) is 0 Å². The second-order valence-electron chi connectivity index (χ2n) is 18.6. The zero-order valence-corrected chi connectivity index (χ0v) is 39.2. The first-order valence-corrected chi connectivity index (χ1v) is 26.0. The molecule has 2 aliphatic heterocycles. The van der Waals surface area contributed by atoms with Crippen molar-refractivity contribution in [3.05, 3.63) is 23.8 Å². The van der Waals surface area contributed by atoms with Crippen LogP contribution in [0.2, 0.25) is 0 Å². The van der Waals surface area contributed by atoms with E-state index in [2.05, 4.69) is 26.0 Å². The summed E-state index contributed by atoms with van der Waals surface area (Å²) in [5, 5.41) is 11.0. The van der Waals surface area contributed by atoms with Crippen molar-refractivity contribution >= 4 is 11.9 Å². The molecule has 344 valence electrons. The van der Waals surface area contributed by atoms with Crippen molar-refractivity contribution < 1.29 is 28.9 Å². The van der Waals surface area contributed by atoms with E-state index in [4.69, 9.17) is 14.2 Å². The van der Waals surface area contributed by atoms with Crippen LogP contribution in [-0.4, -0.2) is 47.6 Å². The number of aliphatic hydroxyl groups excluding tert-OH is 1. The monoisotopic (exact) mass is 829 g/mol. The molecule has 0 bridgehead atoms. The number of carbonyl (C=O) groups is 2. The van der Waals surface area contributed by atoms with Crippen LogP contribution in [0.3, 0.4) is 0 Å². The average Bonchev–Trinajstić information content (AvgIpc) is 3.85. The molecule has 6 heteroatoms. The summed E-state index contributed by atoms with van der Waals surface area (Å²) in [6, 6.07) is 0. The molecular weight excluding hydrogens is 733 g/mol. The lowest BCUT2D eigenvalue weighted by molar-refractivity contribution is -0.160. The first-order chi connectivity index (χ1) is 28.9. The van der Waals surface area contributed by atoms with Gasteiger partial charge in [-0.05, 0) is 90.0 Å². The van der Waals surface area contributed by atoms with Gasteiger partial charge >= 0.3 is 11.9 Å². The normalized spacial score (nSPS) is 19.1. The Kier molecular flexibility index (Phi) is 34.5. The lowest BCUT2D eigenvalue weighted by Gasteiger charge is -2.26. The quantitative estimate of drug-likeness (QED) is 0.0375. The molecule has 1 N–H and O–H groups in total.